The molecule has 0 aliphatic carbocycles. The van der Waals surface area contributed by atoms with Crippen molar-refractivity contribution in [2.24, 2.45) is 0 Å². The van der Waals surface area contributed by atoms with E-state index in [0.717, 1.165) is 0 Å². The van der Waals surface area contributed by atoms with E-state index in [1.807, 2.05) is 6.92 Å². The molecule has 4 atom stereocenters. The van der Waals surface area contributed by atoms with Crippen molar-refractivity contribution >= 4 is 39.6 Å². The molecule has 3 heterocycles. The highest BCUT2D eigenvalue weighted by molar-refractivity contribution is 9.10. The first kappa shape index (κ1) is 12.9. The van der Waals surface area contributed by atoms with E-state index in [9.17, 15) is 14.7 Å². The fourth-order valence-corrected chi connectivity index (χ4v) is 5.11. The van der Waals surface area contributed by atoms with Gasteiger partial charge >= 0.3 is 5.97 Å². The Balaban J connectivity index is 1.91. The first-order valence-corrected chi connectivity index (χ1v) is 7.44. The number of hydrogen-bond donors (Lipinski definition) is 1. The summed E-state index contributed by atoms with van der Waals surface area (Å²) in [4.78, 5) is 24.5. The van der Waals surface area contributed by atoms with Crippen LogP contribution in [0.4, 0.5) is 0 Å². The average Bonchev–Trinajstić information content (AvgIpc) is 2.93. The van der Waals surface area contributed by atoms with Crippen molar-refractivity contribution in [1.29, 1.82) is 0 Å². The molecule has 2 fully saturated rings. The summed E-state index contributed by atoms with van der Waals surface area (Å²) < 4.78 is 0.977. The van der Waals surface area contributed by atoms with Crippen molar-refractivity contribution in [1.82, 2.24) is 19.9 Å². The molecule has 0 bridgehead atoms. The van der Waals surface area contributed by atoms with E-state index in [4.69, 9.17) is 0 Å². The number of carboxylic acids is 1. The highest BCUT2D eigenvalue weighted by Crippen LogP contribution is 2.53. The number of carbonyl (C=O) groups excluding carboxylic acids is 1. The van der Waals surface area contributed by atoms with Crippen molar-refractivity contribution in [3.63, 3.8) is 0 Å². The number of thioether (sulfide) groups is 1. The largest absolute Gasteiger partial charge is 0.480 e. The van der Waals surface area contributed by atoms with Crippen molar-refractivity contribution in [2.75, 3.05) is 0 Å². The number of hydrogen-bond acceptors (Lipinski definition) is 5. The molecule has 3 rings (SSSR count). The summed E-state index contributed by atoms with van der Waals surface area (Å²) in [5.41, 5.74) is 0. The minimum atomic E-state index is -0.981. The van der Waals surface area contributed by atoms with Gasteiger partial charge in [-0.3, -0.25) is 9.48 Å². The highest BCUT2D eigenvalue weighted by atomic mass is 79.9. The van der Waals surface area contributed by atoms with E-state index >= 15 is 0 Å². The molecule has 9 heteroatoms. The van der Waals surface area contributed by atoms with Crippen LogP contribution in [0.15, 0.2) is 12.4 Å². The van der Waals surface area contributed by atoms with Gasteiger partial charge in [0.25, 0.3) is 0 Å². The number of nitrogens with zero attached hydrogens (tertiary/aromatic N) is 4. The maximum absolute atomic E-state index is 11.8. The van der Waals surface area contributed by atoms with Crippen molar-refractivity contribution in [3.05, 3.63) is 12.4 Å². The molecule has 1 amide bonds. The minimum Gasteiger partial charge on any atom is -0.480 e. The summed E-state index contributed by atoms with van der Waals surface area (Å²) in [6, 6.07) is -0.840. The Morgan fingerprint density at radius 2 is 2.42 bits per heavy atom. The molecular formula is C10H11BrN4O3S. The fraction of sp³-hybridized carbons (Fsp3) is 0.600. The van der Waals surface area contributed by atoms with E-state index in [-0.39, 0.29) is 16.1 Å². The van der Waals surface area contributed by atoms with Crippen LogP contribution in [0.25, 0.3) is 0 Å². The second kappa shape index (κ2) is 4.20. The van der Waals surface area contributed by atoms with Crippen LogP contribution in [0.3, 0.4) is 0 Å². The number of aliphatic carboxylic acids is 1. The molecule has 2 saturated heterocycles. The molecule has 1 aromatic rings. The van der Waals surface area contributed by atoms with Crippen LogP contribution in [-0.4, -0.2) is 57.9 Å². The van der Waals surface area contributed by atoms with Crippen molar-refractivity contribution in [2.45, 2.75) is 34.5 Å². The smallest absolute Gasteiger partial charge is 0.327 e. The van der Waals surface area contributed by atoms with E-state index < -0.39 is 16.8 Å². The van der Waals surface area contributed by atoms with E-state index in [0.29, 0.717) is 6.54 Å². The number of carbonyl (C=O) groups is 2. The third kappa shape index (κ3) is 1.78. The Hall–Kier alpha value is -1.09. The standard InChI is InChI=1S/C10H11BrN4O3S/c1-10(4-14-3-2-12-13-14)6(9(17)18)15-7(16)5(11)8(15)19-10/h2-3,5-6,8H,4H2,1H3,(H,17,18). The second-order valence-electron chi connectivity index (χ2n) is 4.81. The van der Waals surface area contributed by atoms with Gasteiger partial charge < -0.3 is 10.0 Å². The number of alkyl halides is 1. The van der Waals surface area contributed by atoms with Crippen LogP contribution in [0.5, 0.6) is 0 Å². The molecule has 1 N–H and O–H groups in total. The topological polar surface area (TPSA) is 88.3 Å². The molecule has 1 aromatic heterocycles. The Morgan fingerprint density at radius 3 is 3.00 bits per heavy atom. The molecule has 0 saturated carbocycles. The molecule has 19 heavy (non-hydrogen) atoms. The monoisotopic (exact) mass is 346 g/mol. The van der Waals surface area contributed by atoms with Crippen LogP contribution < -0.4 is 0 Å². The lowest BCUT2D eigenvalue weighted by Gasteiger charge is -2.40. The zero-order chi connectivity index (χ0) is 13.8. The maximum Gasteiger partial charge on any atom is 0.327 e. The lowest BCUT2D eigenvalue weighted by Crippen LogP contribution is -2.63. The molecular weight excluding hydrogens is 336 g/mol. The third-order valence-electron chi connectivity index (χ3n) is 3.44. The number of fused-ring (bicyclic) bond motifs is 1. The minimum absolute atomic E-state index is 0.123. The number of amides is 1. The zero-order valence-electron chi connectivity index (χ0n) is 9.93. The van der Waals surface area contributed by atoms with Gasteiger partial charge in [0.2, 0.25) is 5.91 Å². The zero-order valence-corrected chi connectivity index (χ0v) is 12.3. The Labute approximate surface area is 121 Å². The van der Waals surface area contributed by atoms with Gasteiger partial charge in [-0.05, 0) is 6.92 Å². The third-order valence-corrected chi connectivity index (χ3v) is 6.32. The molecule has 0 radical (unpaired) electrons. The van der Waals surface area contributed by atoms with Gasteiger partial charge in [-0.25, -0.2) is 4.79 Å². The molecule has 0 aromatic carbocycles. The van der Waals surface area contributed by atoms with Crippen LogP contribution in [0, 0.1) is 0 Å². The van der Waals surface area contributed by atoms with Gasteiger partial charge in [-0.2, -0.15) is 0 Å². The maximum atomic E-state index is 11.8. The summed E-state index contributed by atoms with van der Waals surface area (Å²) >= 11 is 4.80. The first-order chi connectivity index (χ1) is 8.94. The predicted molar refractivity (Wildman–Crippen MR) is 70.8 cm³/mol. The van der Waals surface area contributed by atoms with Crippen molar-refractivity contribution < 1.29 is 14.7 Å². The number of aromatic nitrogens is 3. The molecule has 2 aliphatic heterocycles. The Morgan fingerprint density at radius 1 is 1.68 bits per heavy atom. The van der Waals surface area contributed by atoms with Gasteiger partial charge in [0.05, 0.1) is 17.5 Å². The summed E-state index contributed by atoms with van der Waals surface area (Å²) in [7, 11) is 0. The summed E-state index contributed by atoms with van der Waals surface area (Å²) in [6.45, 7) is 2.25. The summed E-state index contributed by atoms with van der Waals surface area (Å²) in [5, 5.41) is 16.9. The quantitative estimate of drug-likeness (QED) is 0.619. The van der Waals surface area contributed by atoms with Crippen LogP contribution in [0.1, 0.15) is 6.92 Å². The van der Waals surface area contributed by atoms with Gasteiger partial charge in [-0.15, -0.1) is 16.9 Å². The Kier molecular flexibility index (Phi) is 2.86. The molecule has 0 spiro atoms. The number of carboxylic acid groups (broad SMARTS) is 1. The van der Waals surface area contributed by atoms with Crippen LogP contribution in [-0.2, 0) is 16.1 Å². The highest BCUT2D eigenvalue weighted by Gasteiger charge is 2.64. The van der Waals surface area contributed by atoms with Crippen LogP contribution in [0.2, 0.25) is 0 Å². The van der Waals surface area contributed by atoms with Crippen molar-refractivity contribution in [3.8, 4) is 0 Å². The molecule has 2 aliphatic rings. The molecule has 4 unspecified atom stereocenters. The van der Waals surface area contributed by atoms with Gasteiger partial charge in [0.15, 0.2) is 0 Å². The van der Waals surface area contributed by atoms with E-state index in [2.05, 4.69) is 26.2 Å². The van der Waals surface area contributed by atoms with Gasteiger partial charge in [-0.1, -0.05) is 21.1 Å². The number of rotatable bonds is 3. The van der Waals surface area contributed by atoms with Gasteiger partial charge in [0, 0.05) is 6.20 Å². The van der Waals surface area contributed by atoms with Crippen LogP contribution >= 0.6 is 27.7 Å². The number of β-lactam (4-membered cyclic amide) rings is 1. The Bertz CT molecular complexity index is 539. The van der Waals surface area contributed by atoms with E-state index in [1.54, 1.807) is 17.1 Å². The SMILES string of the molecule is CC1(Cn2ccnn2)SC2C(Br)C(=O)N2C1C(=O)O. The molecule has 102 valence electrons. The fourth-order valence-electron chi connectivity index (χ4n) is 2.62. The first-order valence-electron chi connectivity index (χ1n) is 5.65. The average molecular weight is 347 g/mol. The summed E-state index contributed by atoms with van der Waals surface area (Å²) in [5.74, 6) is -1.14. The van der Waals surface area contributed by atoms with E-state index in [1.165, 1.54) is 16.7 Å². The molecule has 7 nitrogen and oxygen atoms in total. The summed E-state index contributed by atoms with van der Waals surface area (Å²) in [6.07, 6.45) is 3.24. The normalized spacial score (nSPS) is 37.1. The number of halogens is 1. The lowest BCUT2D eigenvalue weighted by atomic mass is 9.96. The lowest BCUT2D eigenvalue weighted by molar-refractivity contribution is -0.156. The van der Waals surface area contributed by atoms with Gasteiger partial charge in [0.1, 0.15) is 16.2 Å². The predicted octanol–water partition coefficient (Wildman–Crippen LogP) is 0.169. The second-order valence-corrected chi connectivity index (χ2v) is 7.45.